The molecule has 0 unspecified atom stereocenters. The Morgan fingerprint density at radius 3 is 2.50 bits per heavy atom. The predicted octanol–water partition coefficient (Wildman–Crippen LogP) is 3.41. The number of aliphatic hydroxyl groups is 1. The third-order valence-corrected chi connectivity index (χ3v) is 5.68. The van der Waals surface area contributed by atoms with Gasteiger partial charge in [0, 0.05) is 11.3 Å². The van der Waals surface area contributed by atoms with E-state index in [4.69, 9.17) is 16.3 Å². The van der Waals surface area contributed by atoms with Crippen molar-refractivity contribution in [1.29, 1.82) is 0 Å². The second kappa shape index (κ2) is 11.8. The molecule has 13 heteroatoms. The molecule has 0 aliphatic rings. The van der Waals surface area contributed by atoms with E-state index in [-0.39, 0.29) is 46.6 Å². The number of nitrogens with zero attached hydrogens (tertiary/aromatic N) is 3. The van der Waals surface area contributed by atoms with E-state index in [1.54, 1.807) is 6.07 Å². The molecular weight excluding hydrogens is 481 g/mol. The zero-order valence-corrected chi connectivity index (χ0v) is 20.6. The summed E-state index contributed by atoms with van der Waals surface area (Å²) in [7, 11) is -3.61. The number of thioether (sulfide) groups is 1. The summed E-state index contributed by atoms with van der Waals surface area (Å²) in [6.07, 6.45) is 1.66. The van der Waals surface area contributed by atoms with Gasteiger partial charge in [-0.25, -0.2) is 12.8 Å². The lowest BCUT2D eigenvalue weighted by atomic mass is 10.0. The molecule has 0 saturated heterocycles. The van der Waals surface area contributed by atoms with Crippen molar-refractivity contribution >= 4 is 45.3 Å². The third-order valence-electron chi connectivity index (χ3n) is 3.88. The van der Waals surface area contributed by atoms with Crippen LogP contribution in [0.3, 0.4) is 0 Å². The summed E-state index contributed by atoms with van der Waals surface area (Å²) < 4.78 is 44.7. The maximum absolute atomic E-state index is 13.6. The number of halogens is 2. The number of rotatable bonds is 12. The molecule has 32 heavy (non-hydrogen) atoms. The van der Waals surface area contributed by atoms with E-state index < -0.39 is 15.8 Å². The number of sulfonamides is 1. The van der Waals surface area contributed by atoms with Crippen molar-refractivity contribution in [3.63, 3.8) is 0 Å². The van der Waals surface area contributed by atoms with Crippen molar-refractivity contribution in [3.8, 4) is 5.75 Å². The lowest BCUT2D eigenvalue weighted by Crippen LogP contribution is -2.27. The third kappa shape index (κ3) is 9.31. The fourth-order valence-corrected chi connectivity index (χ4v) is 3.92. The standard InChI is InChI=1S/C19H27ClFN5O4S2/c1-11(2)7-13(9-27)22-17-23-18(26-32(4,28)29)25-19(24-17)31-12(3)10-30-14-5-6-15(20)16(21)8-14/h5-6,8,11-13,27H,7,9-10H2,1-4H3,(H2,22,23,24,25,26)/t12-,13+/m0/s1. The summed E-state index contributed by atoms with van der Waals surface area (Å²) in [4.78, 5) is 12.6. The van der Waals surface area contributed by atoms with Gasteiger partial charge in [0.25, 0.3) is 0 Å². The van der Waals surface area contributed by atoms with Gasteiger partial charge in [0.15, 0.2) is 5.16 Å². The molecule has 0 fully saturated rings. The normalized spacial score (nSPS) is 13.6. The van der Waals surface area contributed by atoms with E-state index in [0.29, 0.717) is 18.1 Å². The van der Waals surface area contributed by atoms with Crippen LogP contribution in [0.1, 0.15) is 27.2 Å². The van der Waals surface area contributed by atoms with Crippen LogP contribution in [0.15, 0.2) is 23.4 Å². The van der Waals surface area contributed by atoms with Crippen LogP contribution in [-0.2, 0) is 10.0 Å². The first-order valence-corrected chi connectivity index (χ1v) is 13.0. The Bertz CT molecular complexity index is 1010. The quantitative estimate of drug-likeness (QED) is 0.370. The van der Waals surface area contributed by atoms with Gasteiger partial charge in [-0.1, -0.05) is 37.2 Å². The molecule has 3 N–H and O–H groups in total. The van der Waals surface area contributed by atoms with Crippen molar-refractivity contribution < 1.29 is 22.7 Å². The minimum atomic E-state index is -3.61. The first-order valence-electron chi connectivity index (χ1n) is 9.81. The smallest absolute Gasteiger partial charge is 0.242 e. The summed E-state index contributed by atoms with van der Waals surface area (Å²) in [5, 5.41) is 12.7. The molecule has 0 bridgehead atoms. The van der Waals surface area contributed by atoms with Crippen molar-refractivity contribution in [3.05, 3.63) is 29.0 Å². The van der Waals surface area contributed by atoms with Crippen molar-refractivity contribution in [2.24, 2.45) is 5.92 Å². The van der Waals surface area contributed by atoms with Gasteiger partial charge in [-0.3, -0.25) is 4.72 Å². The minimum absolute atomic E-state index is 0.00884. The molecular formula is C19H27ClFN5O4S2. The van der Waals surface area contributed by atoms with Crippen molar-refractivity contribution in [1.82, 2.24) is 15.0 Å². The molecule has 1 heterocycles. The lowest BCUT2D eigenvalue weighted by Gasteiger charge is -2.19. The predicted molar refractivity (Wildman–Crippen MR) is 124 cm³/mol. The van der Waals surface area contributed by atoms with Crippen LogP contribution in [0.5, 0.6) is 5.75 Å². The van der Waals surface area contributed by atoms with Crippen molar-refractivity contribution in [2.75, 3.05) is 29.5 Å². The van der Waals surface area contributed by atoms with Gasteiger partial charge in [0.2, 0.25) is 21.9 Å². The molecule has 0 spiro atoms. The Kier molecular flexibility index (Phi) is 9.74. The number of aromatic nitrogens is 3. The number of aliphatic hydroxyl groups excluding tert-OH is 1. The Labute approximate surface area is 196 Å². The van der Waals surface area contributed by atoms with Gasteiger partial charge in [-0.2, -0.15) is 15.0 Å². The maximum atomic E-state index is 13.6. The number of ether oxygens (including phenoxy) is 1. The summed E-state index contributed by atoms with van der Waals surface area (Å²) in [6.45, 7) is 5.96. The first kappa shape index (κ1) is 26.4. The van der Waals surface area contributed by atoms with Gasteiger partial charge in [0.1, 0.15) is 18.2 Å². The van der Waals surface area contributed by atoms with Crippen LogP contribution < -0.4 is 14.8 Å². The summed E-state index contributed by atoms with van der Waals surface area (Å²) in [6, 6.07) is 3.86. The van der Waals surface area contributed by atoms with Crippen LogP contribution in [-0.4, -0.2) is 59.2 Å². The van der Waals surface area contributed by atoms with E-state index in [9.17, 15) is 17.9 Å². The molecule has 0 amide bonds. The van der Waals surface area contributed by atoms with E-state index in [2.05, 4.69) is 25.0 Å². The second-order valence-electron chi connectivity index (χ2n) is 7.61. The SMILES string of the molecule is CC(C)C[C@H](CO)Nc1nc(NS(C)(=O)=O)nc(S[C@@H](C)COc2ccc(Cl)c(F)c2)n1. The van der Waals surface area contributed by atoms with Crippen LogP contribution in [0.4, 0.5) is 16.3 Å². The van der Waals surface area contributed by atoms with Crippen LogP contribution in [0, 0.1) is 11.7 Å². The molecule has 0 saturated carbocycles. The maximum Gasteiger partial charge on any atom is 0.242 e. The Hall–Kier alpha value is -1.89. The summed E-state index contributed by atoms with van der Waals surface area (Å²) >= 11 is 6.90. The van der Waals surface area contributed by atoms with Crippen molar-refractivity contribution in [2.45, 2.75) is 43.6 Å². The summed E-state index contributed by atoms with van der Waals surface area (Å²) in [5.74, 6) is 0.0759. The van der Waals surface area contributed by atoms with Gasteiger partial charge >= 0.3 is 0 Å². The molecule has 2 aromatic rings. The van der Waals surface area contributed by atoms with Gasteiger partial charge in [-0.15, -0.1) is 0 Å². The van der Waals surface area contributed by atoms with E-state index in [0.717, 1.165) is 6.26 Å². The monoisotopic (exact) mass is 507 g/mol. The average molecular weight is 508 g/mol. The highest BCUT2D eigenvalue weighted by atomic mass is 35.5. The largest absolute Gasteiger partial charge is 0.492 e. The number of nitrogens with one attached hydrogen (secondary N) is 2. The topological polar surface area (TPSA) is 126 Å². The van der Waals surface area contributed by atoms with E-state index in [1.165, 1.54) is 23.9 Å². The molecule has 0 radical (unpaired) electrons. The Morgan fingerprint density at radius 1 is 1.22 bits per heavy atom. The number of benzene rings is 1. The van der Waals surface area contributed by atoms with E-state index >= 15 is 0 Å². The van der Waals surface area contributed by atoms with Crippen LogP contribution in [0.25, 0.3) is 0 Å². The Morgan fingerprint density at radius 2 is 1.91 bits per heavy atom. The zero-order chi connectivity index (χ0) is 23.9. The Balaban J connectivity index is 2.14. The first-order chi connectivity index (χ1) is 14.9. The van der Waals surface area contributed by atoms with Gasteiger partial charge in [0.05, 0.1) is 23.9 Å². The molecule has 1 aromatic heterocycles. The molecule has 0 aliphatic heterocycles. The molecule has 0 aliphatic carbocycles. The highest BCUT2D eigenvalue weighted by Gasteiger charge is 2.17. The van der Waals surface area contributed by atoms with E-state index in [1.807, 2.05) is 20.8 Å². The number of anilines is 2. The molecule has 178 valence electrons. The lowest BCUT2D eigenvalue weighted by molar-refractivity contribution is 0.259. The minimum Gasteiger partial charge on any atom is -0.492 e. The molecule has 1 aromatic carbocycles. The highest BCUT2D eigenvalue weighted by molar-refractivity contribution is 7.99. The fraction of sp³-hybridized carbons (Fsp3) is 0.526. The zero-order valence-electron chi connectivity index (χ0n) is 18.2. The van der Waals surface area contributed by atoms with Gasteiger partial charge < -0.3 is 15.2 Å². The van der Waals surface area contributed by atoms with Crippen LogP contribution >= 0.6 is 23.4 Å². The van der Waals surface area contributed by atoms with Gasteiger partial charge in [-0.05, 0) is 31.4 Å². The molecule has 9 nitrogen and oxygen atoms in total. The second-order valence-corrected chi connectivity index (χ2v) is 11.2. The average Bonchev–Trinajstić information content (AvgIpc) is 2.66. The fourth-order valence-electron chi connectivity index (χ4n) is 2.61. The molecule has 2 atom stereocenters. The van der Waals surface area contributed by atoms with Crippen LogP contribution in [0.2, 0.25) is 5.02 Å². The molecule has 2 rings (SSSR count). The number of hydrogen-bond donors (Lipinski definition) is 3. The summed E-state index contributed by atoms with van der Waals surface area (Å²) in [5.41, 5.74) is 0. The highest BCUT2D eigenvalue weighted by Crippen LogP contribution is 2.25. The number of hydrogen-bond acceptors (Lipinski definition) is 9.